The molecule has 1 N–H and O–H groups in total. The first-order valence-electron chi connectivity index (χ1n) is 6.60. The van der Waals surface area contributed by atoms with Crippen LogP contribution in [0.3, 0.4) is 0 Å². The third-order valence-corrected chi connectivity index (χ3v) is 3.21. The van der Waals surface area contributed by atoms with Crippen molar-refractivity contribution >= 4 is 12.0 Å². The van der Waals surface area contributed by atoms with Gasteiger partial charge in [-0.15, -0.1) is 0 Å². The molecule has 2 nitrogen and oxygen atoms in total. The van der Waals surface area contributed by atoms with Crippen molar-refractivity contribution in [2.45, 2.75) is 33.6 Å². The Morgan fingerprint density at radius 3 is 2.67 bits per heavy atom. The molecule has 0 saturated carbocycles. The summed E-state index contributed by atoms with van der Waals surface area (Å²) in [6, 6.07) is 8.37. The summed E-state index contributed by atoms with van der Waals surface area (Å²) in [6.07, 6.45) is 3.45. The standard InChI is InChI=1S/C16H23NO/c1-5-17-16(18)10-9-14-7-6-8-15(11-14)13(4)12(2)3/h6-13H,5H2,1-4H3,(H,17,18). The minimum Gasteiger partial charge on any atom is -0.353 e. The summed E-state index contributed by atoms with van der Waals surface area (Å²) < 4.78 is 0. The van der Waals surface area contributed by atoms with E-state index in [0.717, 1.165) is 5.56 Å². The van der Waals surface area contributed by atoms with Gasteiger partial charge in [-0.2, -0.15) is 0 Å². The van der Waals surface area contributed by atoms with Gasteiger partial charge in [0.15, 0.2) is 0 Å². The highest BCUT2D eigenvalue weighted by Gasteiger charge is 2.09. The summed E-state index contributed by atoms with van der Waals surface area (Å²) in [7, 11) is 0. The molecule has 1 unspecified atom stereocenters. The van der Waals surface area contributed by atoms with E-state index in [0.29, 0.717) is 18.4 Å². The number of hydrogen-bond acceptors (Lipinski definition) is 1. The Kier molecular flexibility index (Phi) is 5.63. The van der Waals surface area contributed by atoms with Crippen molar-refractivity contribution in [2.24, 2.45) is 5.92 Å². The summed E-state index contributed by atoms with van der Waals surface area (Å²) >= 11 is 0. The second-order valence-electron chi connectivity index (χ2n) is 4.93. The van der Waals surface area contributed by atoms with E-state index in [1.54, 1.807) is 6.08 Å². The van der Waals surface area contributed by atoms with Crippen molar-refractivity contribution in [3.8, 4) is 0 Å². The fourth-order valence-electron chi connectivity index (χ4n) is 1.74. The smallest absolute Gasteiger partial charge is 0.243 e. The van der Waals surface area contributed by atoms with Crippen LogP contribution in [-0.4, -0.2) is 12.5 Å². The average Bonchev–Trinajstić information content (AvgIpc) is 2.36. The van der Waals surface area contributed by atoms with Crippen LogP contribution < -0.4 is 5.32 Å². The molecule has 1 atom stereocenters. The van der Waals surface area contributed by atoms with Gasteiger partial charge in [-0.3, -0.25) is 4.79 Å². The molecule has 0 aromatic heterocycles. The zero-order valence-electron chi connectivity index (χ0n) is 11.7. The molecule has 0 saturated heterocycles. The van der Waals surface area contributed by atoms with Crippen LogP contribution in [0.2, 0.25) is 0 Å². The molecule has 1 rings (SSSR count). The number of carbonyl (C=O) groups is 1. The minimum absolute atomic E-state index is 0.0418. The van der Waals surface area contributed by atoms with Crippen molar-refractivity contribution in [2.75, 3.05) is 6.54 Å². The number of benzene rings is 1. The lowest BCUT2D eigenvalue weighted by Crippen LogP contribution is -2.19. The molecule has 0 radical (unpaired) electrons. The van der Waals surface area contributed by atoms with E-state index in [1.165, 1.54) is 5.56 Å². The van der Waals surface area contributed by atoms with E-state index in [1.807, 2.05) is 25.1 Å². The maximum absolute atomic E-state index is 11.3. The highest BCUT2D eigenvalue weighted by Crippen LogP contribution is 2.24. The maximum atomic E-state index is 11.3. The molecule has 0 aliphatic carbocycles. The fourth-order valence-corrected chi connectivity index (χ4v) is 1.74. The Labute approximate surface area is 110 Å². The summed E-state index contributed by atoms with van der Waals surface area (Å²) in [6.45, 7) is 9.26. The van der Waals surface area contributed by atoms with Crippen LogP contribution in [0.25, 0.3) is 6.08 Å². The largest absolute Gasteiger partial charge is 0.353 e. The van der Waals surface area contributed by atoms with Crippen LogP contribution in [-0.2, 0) is 4.79 Å². The third kappa shape index (κ3) is 4.36. The Balaban J connectivity index is 2.79. The van der Waals surface area contributed by atoms with Gasteiger partial charge in [0.25, 0.3) is 0 Å². The van der Waals surface area contributed by atoms with E-state index in [4.69, 9.17) is 0 Å². The average molecular weight is 245 g/mol. The summed E-state index contributed by atoms with van der Waals surface area (Å²) in [5, 5.41) is 2.75. The number of likely N-dealkylation sites (N-methyl/N-ethyl adjacent to an activating group) is 1. The SMILES string of the molecule is CCNC(=O)C=Cc1cccc(C(C)C(C)C)c1. The number of nitrogens with one attached hydrogen (secondary N) is 1. The van der Waals surface area contributed by atoms with Gasteiger partial charge in [0.05, 0.1) is 0 Å². The molecule has 18 heavy (non-hydrogen) atoms. The van der Waals surface area contributed by atoms with Gasteiger partial charge < -0.3 is 5.32 Å². The number of rotatable bonds is 5. The molecule has 1 aromatic rings. The zero-order valence-corrected chi connectivity index (χ0v) is 11.7. The van der Waals surface area contributed by atoms with Crippen molar-refractivity contribution in [3.63, 3.8) is 0 Å². The van der Waals surface area contributed by atoms with Gasteiger partial charge in [-0.25, -0.2) is 0 Å². The Morgan fingerprint density at radius 2 is 2.06 bits per heavy atom. The van der Waals surface area contributed by atoms with Crippen LogP contribution in [0.15, 0.2) is 30.3 Å². The lowest BCUT2D eigenvalue weighted by Gasteiger charge is -2.16. The molecule has 0 bridgehead atoms. The third-order valence-electron chi connectivity index (χ3n) is 3.21. The van der Waals surface area contributed by atoms with E-state index >= 15 is 0 Å². The quantitative estimate of drug-likeness (QED) is 0.789. The normalized spacial score (nSPS) is 12.9. The first-order chi connectivity index (χ1) is 8.54. The van der Waals surface area contributed by atoms with Crippen LogP contribution in [0.1, 0.15) is 44.7 Å². The molecule has 0 heterocycles. The van der Waals surface area contributed by atoms with Gasteiger partial charge in [-0.1, -0.05) is 45.0 Å². The molecule has 1 amide bonds. The molecule has 0 spiro atoms. The molecule has 0 aliphatic heterocycles. The number of hydrogen-bond donors (Lipinski definition) is 1. The first-order valence-corrected chi connectivity index (χ1v) is 6.60. The second-order valence-corrected chi connectivity index (χ2v) is 4.93. The molecule has 98 valence electrons. The molecular formula is C16H23NO. The molecule has 1 aromatic carbocycles. The Bertz CT molecular complexity index is 421. The fraction of sp³-hybridized carbons (Fsp3) is 0.438. The first kappa shape index (κ1) is 14.5. The second kappa shape index (κ2) is 7.00. The van der Waals surface area contributed by atoms with Crippen LogP contribution in [0.4, 0.5) is 0 Å². The zero-order chi connectivity index (χ0) is 13.5. The summed E-state index contributed by atoms with van der Waals surface area (Å²) in [5.41, 5.74) is 2.40. The summed E-state index contributed by atoms with van der Waals surface area (Å²) in [4.78, 5) is 11.3. The topological polar surface area (TPSA) is 29.1 Å². The van der Waals surface area contributed by atoms with Gasteiger partial charge in [0, 0.05) is 12.6 Å². The van der Waals surface area contributed by atoms with E-state index in [9.17, 15) is 4.79 Å². The number of amides is 1. The van der Waals surface area contributed by atoms with E-state index in [-0.39, 0.29) is 5.91 Å². The monoisotopic (exact) mass is 245 g/mol. The molecule has 0 fully saturated rings. The number of carbonyl (C=O) groups excluding carboxylic acids is 1. The van der Waals surface area contributed by atoms with Crippen molar-refractivity contribution in [1.29, 1.82) is 0 Å². The Hall–Kier alpha value is -1.57. The molecule has 2 heteroatoms. The molecule has 0 aliphatic rings. The summed E-state index contributed by atoms with van der Waals surface area (Å²) in [5.74, 6) is 1.11. The lowest BCUT2D eigenvalue weighted by atomic mass is 9.89. The predicted molar refractivity (Wildman–Crippen MR) is 77.4 cm³/mol. The van der Waals surface area contributed by atoms with Crippen LogP contribution in [0.5, 0.6) is 0 Å². The van der Waals surface area contributed by atoms with Gasteiger partial charge >= 0.3 is 0 Å². The van der Waals surface area contributed by atoms with E-state index in [2.05, 4.69) is 38.2 Å². The van der Waals surface area contributed by atoms with Crippen LogP contribution >= 0.6 is 0 Å². The van der Waals surface area contributed by atoms with Crippen molar-refractivity contribution < 1.29 is 4.79 Å². The van der Waals surface area contributed by atoms with Gasteiger partial charge in [0.1, 0.15) is 0 Å². The highest BCUT2D eigenvalue weighted by molar-refractivity contribution is 5.91. The van der Waals surface area contributed by atoms with E-state index < -0.39 is 0 Å². The Morgan fingerprint density at radius 1 is 1.33 bits per heavy atom. The highest BCUT2D eigenvalue weighted by atomic mass is 16.1. The van der Waals surface area contributed by atoms with Gasteiger partial charge in [0.2, 0.25) is 5.91 Å². The lowest BCUT2D eigenvalue weighted by molar-refractivity contribution is -0.116. The maximum Gasteiger partial charge on any atom is 0.243 e. The van der Waals surface area contributed by atoms with Crippen LogP contribution in [0, 0.1) is 5.92 Å². The van der Waals surface area contributed by atoms with Crippen molar-refractivity contribution in [3.05, 3.63) is 41.5 Å². The molecular weight excluding hydrogens is 222 g/mol. The predicted octanol–water partition coefficient (Wildman–Crippen LogP) is 3.60. The minimum atomic E-state index is -0.0418. The van der Waals surface area contributed by atoms with Crippen molar-refractivity contribution in [1.82, 2.24) is 5.32 Å². The van der Waals surface area contributed by atoms with Gasteiger partial charge in [-0.05, 0) is 36.0 Å².